The topological polar surface area (TPSA) is 49.4 Å². The van der Waals surface area contributed by atoms with Crippen molar-refractivity contribution in [3.05, 3.63) is 83.3 Å². The minimum absolute atomic E-state index is 0.0713. The lowest BCUT2D eigenvalue weighted by molar-refractivity contribution is -0.122. The number of allylic oxidation sites excluding steroid dienone is 2. The third kappa shape index (κ3) is 5.65. The summed E-state index contributed by atoms with van der Waals surface area (Å²) in [6, 6.07) is 19.2. The maximum atomic E-state index is 12.5. The highest BCUT2D eigenvalue weighted by Gasteiger charge is 2.31. The number of rotatable bonds is 7. The van der Waals surface area contributed by atoms with Gasteiger partial charge < -0.3 is 5.32 Å². The third-order valence-corrected chi connectivity index (χ3v) is 5.45. The highest BCUT2D eigenvalue weighted by atomic mass is 32.2. The van der Waals surface area contributed by atoms with E-state index in [0.717, 1.165) is 11.3 Å². The summed E-state index contributed by atoms with van der Waals surface area (Å²) in [5.41, 5.74) is 1.84. The molecule has 28 heavy (non-hydrogen) atoms. The number of nitrogens with zero attached hydrogens (tertiary/aromatic N) is 1. The molecule has 4 nitrogen and oxygen atoms in total. The van der Waals surface area contributed by atoms with Crippen molar-refractivity contribution in [3.8, 4) is 0 Å². The first-order valence-electron chi connectivity index (χ1n) is 8.95. The highest BCUT2D eigenvalue weighted by Crippen LogP contribution is 2.31. The quantitative estimate of drug-likeness (QED) is 0.525. The van der Waals surface area contributed by atoms with Crippen LogP contribution in [0.25, 0.3) is 6.08 Å². The van der Waals surface area contributed by atoms with Crippen LogP contribution < -0.4 is 5.32 Å². The Bertz CT molecular complexity index is 909. The standard InChI is InChI=1S/C22H20N2O2S2/c25-20(23-18-12-5-2-6-13-18)15-8-16-24-21(26)19(28-22(24)27)14-7-11-17-9-3-1-4-10-17/h1-7,9-14H,8,15-16H2,(H,23,25)/b11-7+,19-14-. The van der Waals surface area contributed by atoms with E-state index in [4.69, 9.17) is 12.2 Å². The predicted octanol–water partition coefficient (Wildman–Crippen LogP) is 4.86. The minimum Gasteiger partial charge on any atom is -0.326 e. The molecule has 1 fully saturated rings. The second kappa shape index (κ2) is 10.0. The summed E-state index contributed by atoms with van der Waals surface area (Å²) in [4.78, 5) is 26.7. The number of nitrogens with one attached hydrogen (secondary N) is 1. The first-order valence-corrected chi connectivity index (χ1v) is 10.2. The van der Waals surface area contributed by atoms with Gasteiger partial charge in [0.1, 0.15) is 4.32 Å². The fourth-order valence-electron chi connectivity index (χ4n) is 2.66. The van der Waals surface area contributed by atoms with Gasteiger partial charge in [0.15, 0.2) is 0 Å². The van der Waals surface area contributed by atoms with E-state index in [2.05, 4.69) is 5.32 Å². The van der Waals surface area contributed by atoms with Crippen molar-refractivity contribution in [2.24, 2.45) is 0 Å². The van der Waals surface area contributed by atoms with Gasteiger partial charge in [-0.05, 0) is 30.2 Å². The maximum absolute atomic E-state index is 12.5. The van der Waals surface area contributed by atoms with Crippen molar-refractivity contribution < 1.29 is 9.59 Å². The van der Waals surface area contributed by atoms with Gasteiger partial charge in [0.25, 0.3) is 5.91 Å². The predicted molar refractivity (Wildman–Crippen MR) is 120 cm³/mol. The molecule has 2 aromatic rings. The lowest BCUT2D eigenvalue weighted by atomic mass is 10.2. The average Bonchev–Trinajstić information content (AvgIpc) is 2.97. The van der Waals surface area contributed by atoms with Crippen LogP contribution in [0.1, 0.15) is 18.4 Å². The van der Waals surface area contributed by atoms with Crippen LogP contribution in [0.3, 0.4) is 0 Å². The van der Waals surface area contributed by atoms with E-state index in [-0.39, 0.29) is 11.8 Å². The molecule has 1 heterocycles. The molecular formula is C22H20N2O2S2. The molecule has 1 aliphatic heterocycles. The number of benzene rings is 2. The number of para-hydroxylation sites is 1. The molecule has 1 saturated heterocycles. The van der Waals surface area contributed by atoms with E-state index in [1.807, 2.05) is 72.8 Å². The zero-order valence-electron chi connectivity index (χ0n) is 15.2. The van der Waals surface area contributed by atoms with Crippen LogP contribution >= 0.6 is 24.0 Å². The first-order chi connectivity index (χ1) is 13.6. The number of hydrogen-bond acceptors (Lipinski definition) is 4. The summed E-state index contributed by atoms with van der Waals surface area (Å²) < 4.78 is 0.535. The molecule has 1 aliphatic rings. The van der Waals surface area contributed by atoms with Crippen LogP contribution in [0, 0.1) is 0 Å². The Kier molecular flexibility index (Phi) is 7.17. The van der Waals surface area contributed by atoms with E-state index < -0.39 is 0 Å². The van der Waals surface area contributed by atoms with Crippen molar-refractivity contribution in [2.45, 2.75) is 12.8 Å². The Labute approximate surface area is 174 Å². The molecule has 0 unspecified atom stereocenters. The largest absolute Gasteiger partial charge is 0.326 e. The smallest absolute Gasteiger partial charge is 0.266 e. The SMILES string of the molecule is O=C(CCCN1C(=O)/C(=C/C=C/c2ccccc2)SC1=S)Nc1ccccc1. The number of carbonyl (C=O) groups is 2. The molecular weight excluding hydrogens is 388 g/mol. The molecule has 0 aliphatic carbocycles. The lowest BCUT2D eigenvalue weighted by Gasteiger charge is -2.14. The number of carbonyl (C=O) groups excluding carboxylic acids is 2. The normalized spacial score (nSPS) is 15.6. The number of amides is 2. The van der Waals surface area contributed by atoms with E-state index in [0.29, 0.717) is 28.6 Å². The van der Waals surface area contributed by atoms with E-state index >= 15 is 0 Å². The average molecular weight is 409 g/mol. The van der Waals surface area contributed by atoms with Crippen LogP contribution in [0.5, 0.6) is 0 Å². The van der Waals surface area contributed by atoms with Gasteiger partial charge in [0.05, 0.1) is 4.91 Å². The van der Waals surface area contributed by atoms with Gasteiger partial charge in [-0.2, -0.15) is 0 Å². The number of hydrogen-bond donors (Lipinski definition) is 1. The van der Waals surface area contributed by atoms with E-state index in [1.165, 1.54) is 11.8 Å². The molecule has 0 radical (unpaired) electrons. The summed E-state index contributed by atoms with van der Waals surface area (Å²) in [6.45, 7) is 0.437. The van der Waals surface area contributed by atoms with Crippen molar-refractivity contribution >= 4 is 51.9 Å². The molecule has 0 atom stereocenters. The number of thioether (sulfide) groups is 1. The third-order valence-electron chi connectivity index (χ3n) is 4.05. The Hall–Kier alpha value is -2.70. The molecule has 0 saturated carbocycles. The molecule has 0 aromatic heterocycles. The van der Waals surface area contributed by atoms with Crippen LogP contribution in [0.15, 0.2) is 77.7 Å². The van der Waals surface area contributed by atoms with Crippen molar-refractivity contribution in [1.82, 2.24) is 4.90 Å². The van der Waals surface area contributed by atoms with E-state index in [9.17, 15) is 9.59 Å². The Morgan fingerprint density at radius 2 is 1.75 bits per heavy atom. The van der Waals surface area contributed by atoms with Crippen molar-refractivity contribution in [1.29, 1.82) is 0 Å². The van der Waals surface area contributed by atoms with Gasteiger partial charge in [-0.25, -0.2) is 0 Å². The maximum Gasteiger partial charge on any atom is 0.266 e. The second-order valence-corrected chi connectivity index (χ2v) is 7.82. The van der Waals surface area contributed by atoms with E-state index in [1.54, 1.807) is 11.0 Å². The Morgan fingerprint density at radius 1 is 1.07 bits per heavy atom. The Balaban J connectivity index is 1.49. The molecule has 2 aromatic carbocycles. The fourth-order valence-corrected chi connectivity index (χ4v) is 3.92. The summed E-state index contributed by atoms with van der Waals surface area (Å²) in [6.07, 6.45) is 6.47. The molecule has 142 valence electrons. The molecule has 3 rings (SSSR count). The Morgan fingerprint density at radius 3 is 2.46 bits per heavy atom. The van der Waals surface area contributed by atoms with Gasteiger partial charge in [-0.3, -0.25) is 14.5 Å². The second-order valence-electron chi connectivity index (χ2n) is 6.14. The highest BCUT2D eigenvalue weighted by molar-refractivity contribution is 8.26. The van der Waals surface area contributed by atoms with Gasteiger partial charge in [0.2, 0.25) is 5.91 Å². The van der Waals surface area contributed by atoms with Gasteiger partial charge in [0, 0.05) is 18.7 Å². The lowest BCUT2D eigenvalue weighted by Crippen LogP contribution is -2.29. The van der Waals surface area contributed by atoms with Gasteiger partial charge in [-0.15, -0.1) is 0 Å². The first kappa shape index (κ1) is 20.0. The van der Waals surface area contributed by atoms with Crippen LogP contribution in [0.2, 0.25) is 0 Å². The number of anilines is 1. The number of thiocarbonyl (C=S) groups is 1. The molecule has 6 heteroatoms. The minimum atomic E-state index is -0.101. The monoisotopic (exact) mass is 408 g/mol. The zero-order valence-corrected chi connectivity index (χ0v) is 16.8. The molecule has 2 amide bonds. The molecule has 0 spiro atoms. The van der Waals surface area contributed by atoms with Gasteiger partial charge in [-0.1, -0.05) is 84.7 Å². The molecule has 1 N–H and O–H groups in total. The summed E-state index contributed by atoms with van der Waals surface area (Å²) in [7, 11) is 0. The fraction of sp³-hybridized carbons (Fsp3) is 0.136. The van der Waals surface area contributed by atoms with Crippen LogP contribution in [-0.4, -0.2) is 27.6 Å². The van der Waals surface area contributed by atoms with Crippen LogP contribution in [0.4, 0.5) is 5.69 Å². The zero-order chi connectivity index (χ0) is 19.8. The van der Waals surface area contributed by atoms with Crippen LogP contribution in [-0.2, 0) is 9.59 Å². The van der Waals surface area contributed by atoms with Crippen molar-refractivity contribution in [2.75, 3.05) is 11.9 Å². The van der Waals surface area contributed by atoms with Crippen molar-refractivity contribution in [3.63, 3.8) is 0 Å². The summed E-state index contributed by atoms with van der Waals surface area (Å²) >= 11 is 6.62. The summed E-state index contributed by atoms with van der Waals surface area (Å²) in [5.74, 6) is -0.172. The molecule has 0 bridgehead atoms. The van der Waals surface area contributed by atoms with Gasteiger partial charge >= 0.3 is 0 Å². The summed E-state index contributed by atoms with van der Waals surface area (Å²) in [5, 5.41) is 2.84.